The van der Waals surface area contributed by atoms with Gasteiger partial charge in [-0.05, 0) is 17.7 Å². The van der Waals surface area contributed by atoms with Crippen molar-refractivity contribution in [2.24, 2.45) is 0 Å². The van der Waals surface area contributed by atoms with Gasteiger partial charge in [0.25, 0.3) is 0 Å². The SMILES string of the molecule is COc1ccc(S(=O)(=O)NC(C#N)c2ccccc2)cc1OC. The van der Waals surface area contributed by atoms with Gasteiger partial charge in [-0.2, -0.15) is 9.98 Å². The number of ether oxygens (including phenoxy) is 2. The summed E-state index contributed by atoms with van der Waals surface area (Å²) in [6, 6.07) is 13.9. The molecule has 2 rings (SSSR count). The number of rotatable bonds is 6. The number of sulfonamides is 1. The van der Waals surface area contributed by atoms with Crippen molar-refractivity contribution in [3.8, 4) is 17.6 Å². The zero-order chi connectivity index (χ0) is 16.9. The molecule has 0 spiro atoms. The Labute approximate surface area is 135 Å². The van der Waals surface area contributed by atoms with E-state index in [-0.39, 0.29) is 4.90 Å². The summed E-state index contributed by atoms with van der Waals surface area (Å²) in [5, 5.41) is 9.25. The van der Waals surface area contributed by atoms with Gasteiger partial charge in [-0.15, -0.1) is 0 Å². The van der Waals surface area contributed by atoms with E-state index < -0.39 is 16.1 Å². The molecular weight excluding hydrogens is 316 g/mol. The lowest BCUT2D eigenvalue weighted by atomic mass is 10.1. The maximum absolute atomic E-state index is 12.5. The van der Waals surface area contributed by atoms with Crippen LogP contribution < -0.4 is 14.2 Å². The second kappa shape index (κ2) is 7.13. The Kier molecular flexibility index (Phi) is 5.21. The Morgan fingerprint density at radius 1 is 1.04 bits per heavy atom. The lowest BCUT2D eigenvalue weighted by molar-refractivity contribution is 0.354. The highest BCUT2D eigenvalue weighted by Crippen LogP contribution is 2.29. The summed E-state index contributed by atoms with van der Waals surface area (Å²) in [6.07, 6.45) is 0. The van der Waals surface area contributed by atoms with Crippen molar-refractivity contribution in [1.82, 2.24) is 4.72 Å². The average molecular weight is 332 g/mol. The molecule has 0 aliphatic carbocycles. The average Bonchev–Trinajstić information content (AvgIpc) is 2.59. The topological polar surface area (TPSA) is 88.4 Å². The Morgan fingerprint density at radius 2 is 1.70 bits per heavy atom. The summed E-state index contributed by atoms with van der Waals surface area (Å²) in [5.74, 6) is 0.718. The molecule has 23 heavy (non-hydrogen) atoms. The van der Waals surface area contributed by atoms with Gasteiger partial charge in [0.1, 0.15) is 6.04 Å². The van der Waals surface area contributed by atoms with Crippen LogP contribution in [0.25, 0.3) is 0 Å². The van der Waals surface area contributed by atoms with Gasteiger partial charge in [-0.1, -0.05) is 30.3 Å². The second-order valence-electron chi connectivity index (χ2n) is 4.61. The molecule has 0 saturated carbocycles. The third kappa shape index (κ3) is 3.80. The minimum absolute atomic E-state index is 0.00803. The van der Waals surface area contributed by atoms with Gasteiger partial charge in [-0.3, -0.25) is 0 Å². The van der Waals surface area contributed by atoms with Crippen LogP contribution >= 0.6 is 0 Å². The number of benzene rings is 2. The molecule has 0 aliphatic rings. The predicted octanol–water partition coefficient (Wildman–Crippen LogP) is 2.25. The molecule has 0 fully saturated rings. The first-order valence-electron chi connectivity index (χ1n) is 6.70. The molecule has 120 valence electrons. The van der Waals surface area contributed by atoms with E-state index in [1.54, 1.807) is 30.3 Å². The minimum Gasteiger partial charge on any atom is -0.493 e. The van der Waals surface area contributed by atoms with Crippen molar-refractivity contribution in [1.29, 1.82) is 5.26 Å². The molecule has 0 amide bonds. The van der Waals surface area contributed by atoms with Gasteiger partial charge in [0.05, 0.1) is 25.2 Å². The fourth-order valence-corrected chi connectivity index (χ4v) is 3.17. The van der Waals surface area contributed by atoms with Crippen LogP contribution in [-0.2, 0) is 10.0 Å². The highest BCUT2D eigenvalue weighted by molar-refractivity contribution is 7.89. The van der Waals surface area contributed by atoms with Crippen molar-refractivity contribution in [3.63, 3.8) is 0 Å². The molecule has 0 saturated heterocycles. The highest BCUT2D eigenvalue weighted by Gasteiger charge is 2.22. The molecule has 1 N–H and O–H groups in total. The van der Waals surface area contributed by atoms with E-state index in [0.717, 1.165) is 0 Å². The molecule has 1 unspecified atom stereocenters. The molecule has 2 aromatic carbocycles. The van der Waals surface area contributed by atoms with Crippen molar-refractivity contribution >= 4 is 10.0 Å². The summed E-state index contributed by atoms with van der Waals surface area (Å²) >= 11 is 0. The van der Waals surface area contributed by atoms with E-state index in [9.17, 15) is 13.7 Å². The zero-order valence-electron chi connectivity index (χ0n) is 12.7. The lowest BCUT2D eigenvalue weighted by Crippen LogP contribution is -2.27. The number of methoxy groups -OCH3 is 2. The van der Waals surface area contributed by atoms with E-state index in [1.807, 2.05) is 6.07 Å². The molecule has 0 aromatic heterocycles. The van der Waals surface area contributed by atoms with Gasteiger partial charge in [-0.25, -0.2) is 8.42 Å². The van der Waals surface area contributed by atoms with E-state index in [2.05, 4.69) is 4.72 Å². The third-order valence-electron chi connectivity index (χ3n) is 3.20. The molecule has 0 bridgehead atoms. The van der Waals surface area contributed by atoms with E-state index >= 15 is 0 Å². The standard InChI is InChI=1S/C16H16N2O4S/c1-21-15-9-8-13(10-16(15)22-2)23(19,20)18-14(11-17)12-6-4-3-5-7-12/h3-10,14,18H,1-2H3. The van der Waals surface area contributed by atoms with Gasteiger partial charge in [0, 0.05) is 6.07 Å². The molecule has 7 heteroatoms. The number of nitrogens with one attached hydrogen (secondary N) is 1. The molecule has 0 heterocycles. The van der Waals surface area contributed by atoms with Crippen LogP contribution in [0.1, 0.15) is 11.6 Å². The molecule has 6 nitrogen and oxygen atoms in total. The van der Waals surface area contributed by atoms with Crippen LogP contribution in [0.5, 0.6) is 11.5 Å². The molecule has 0 aliphatic heterocycles. The first-order valence-corrected chi connectivity index (χ1v) is 8.19. The summed E-state index contributed by atoms with van der Waals surface area (Å²) in [4.78, 5) is -0.00803. The summed E-state index contributed by atoms with van der Waals surface area (Å²) in [5.41, 5.74) is 0.569. The van der Waals surface area contributed by atoms with Gasteiger partial charge in [0.15, 0.2) is 11.5 Å². The number of hydrogen-bond acceptors (Lipinski definition) is 5. The summed E-state index contributed by atoms with van der Waals surface area (Å²) < 4.78 is 37.5. The quantitative estimate of drug-likeness (QED) is 0.876. The van der Waals surface area contributed by atoms with Crippen LogP contribution in [0.2, 0.25) is 0 Å². The number of nitriles is 1. The first kappa shape index (κ1) is 16.8. The fourth-order valence-electron chi connectivity index (χ4n) is 2.02. The minimum atomic E-state index is -3.89. The van der Waals surface area contributed by atoms with Crippen molar-refractivity contribution < 1.29 is 17.9 Å². The largest absolute Gasteiger partial charge is 0.493 e. The van der Waals surface area contributed by atoms with Crippen LogP contribution in [0.3, 0.4) is 0 Å². The molecule has 2 aromatic rings. The van der Waals surface area contributed by atoms with Gasteiger partial charge >= 0.3 is 0 Å². The van der Waals surface area contributed by atoms with Gasteiger partial charge < -0.3 is 9.47 Å². The van der Waals surface area contributed by atoms with Gasteiger partial charge in [0.2, 0.25) is 10.0 Å². The summed E-state index contributed by atoms with van der Waals surface area (Å²) in [7, 11) is -1.00. The Bertz CT molecular complexity index is 814. The Balaban J connectivity index is 2.33. The smallest absolute Gasteiger partial charge is 0.242 e. The molecular formula is C16H16N2O4S. The number of hydrogen-bond donors (Lipinski definition) is 1. The monoisotopic (exact) mass is 332 g/mol. The van der Waals surface area contributed by atoms with Crippen LogP contribution in [0.4, 0.5) is 0 Å². The molecule has 1 atom stereocenters. The predicted molar refractivity (Wildman–Crippen MR) is 84.7 cm³/mol. The van der Waals surface area contributed by atoms with Crippen molar-refractivity contribution in [2.45, 2.75) is 10.9 Å². The Morgan fingerprint density at radius 3 is 2.26 bits per heavy atom. The maximum Gasteiger partial charge on any atom is 0.242 e. The fraction of sp³-hybridized carbons (Fsp3) is 0.188. The van der Waals surface area contributed by atoms with Crippen LogP contribution in [0, 0.1) is 11.3 Å². The normalized spacial score (nSPS) is 12.2. The zero-order valence-corrected chi connectivity index (χ0v) is 13.5. The van der Waals surface area contributed by atoms with Crippen molar-refractivity contribution in [2.75, 3.05) is 14.2 Å². The van der Waals surface area contributed by atoms with E-state index in [4.69, 9.17) is 9.47 Å². The first-order chi connectivity index (χ1) is 11.0. The molecule has 0 radical (unpaired) electrons. The van der Waals surface area contributed by atoms with Crippen LogP contribution in [0.15, 0.2) is 53.4 Å². The third-order valence-corrected chi connectivity index (χ3v) is 4.62. The van der Waals surface area contributed by atoms with Crippen LogP contribution in [-0.4, -0.2) is 22.6 Å². The van der Waals surface area contributed by atoms with E-state index in [0.29, 0.717) is 17.1 Å². The number of nitrogens with zero attached hydrogens (tertiary/aromatic N) is 1. The highest BCUT2D eigenvalue weighted by atomic mass is 32.2. The Hall–Kier alpha value is -2.56. The summed E-state index contributed by atoms with van der Waals surface area (Å²) in [6.45, 7) is 0. The van der Waals surface area contributed by atoms with E-state index in [1.165, 1.54) is 32.4 Å². The second-order valence-corrected chi connectivity index (χ2v) is 6.32. The van der Waals surface area contributed by atoms with Crippen molar-refractivity contribution in [3.05, 3.63) is 54.1 Å². The lowest BCUT2D eigenvalue weighted by Gasteiger charge is -2.14. The maximum atomic E-state index is 12.5.